The van der Waals surface area contributed by atoms with E-state index in [4.69, 9.17) is 0 Å². The molecule has 1 nitrogen and oxygen atoms in total. The first kappa shape index (κ1) is 36.0. The number of benzene rings is 7. The minimum atomic E-state index is -2.87. The summed E-state index contributed by atoms with van der Waals surface area (Å²) < 4.78 is 2.49. The molecular formula is C56H47NSi. The molecule has 0 saturated heterocycles. The third kappa shape index (κ3) is 6.01. The molecule has 2 aliphatic carbocycles. The molecule has 0 bridgehead atoms. The van der Waals surface area contributed by atoms with Crippen LogP contribution < -0.4 is 10.4 Å². The molecule has 7 aromatic carbocycles. The number of hydrogen-bond donors (Lipinski definition) is 0. The van der Waals surface area contributed by atoms with Crippen LogP contribution in [0.2, 0.25) is 5.54 Å². The van der Waals surface area contributed by atoms with E-state index < -0.39 is 8.07 Å². The Morgan fingerprint density at radius 1 is 0.569 bits per heavy atom. The van der Waals surface area contributed by atoms with Gasteiger partial charge in [-0.2, -0.15) is 0 Å². The molecule has 0 aliphatic heterocycles. The number of hydrogen-bond acceptors (Lipinski definition) is 0. The minimum Gasteiger partial charge on any atom is -0.310 e. The fourth-order valence-corrected chi connectivity index (χ4v) is 14.1. The van der Waals surface area contributed by atoms with Gasteiger partial charge >= 0.3 is 0 Å². The predicted molar refractivity (Wildman–Crippen MR) is 250 cm³/mol. The van der Waals surface area contributed by atoms with E-state index in [9.17, 15) is 0 Å². The lowest BCUT2D eigenvalue weighted by atomic mass is 9.84. The molecule has 0 amide bonds. The van der Waals surface area contributed by atoms with E-state index in [-0.39, 0.29) is 11.0 Å². The third-order valence-electron chi connectivity index (χ3n) is 12.6. The molecule has 1 atom stereocenters. The molecule has 58 heavy (non-hydrogen) atoms. The Kier molecular flexibility index (Phi) is 9.00. The van der Waals surface area contributed by atoms with Gasteiger partial charge in [0.1, 0.15) is 0 Å². The van der Waals surface area contributed by atoms with Crippen molar-refractivity contribution in [3.8, 4) is 28.3 Å². The van der Waals surface area contributed by atoms with Gasteiger partial charge in [0.25, 0.3) is 0 Å². The molecule has 0 N–H and O–H groups in total. The summed E-state index contributed by atoms with van der Waals surface area (Å²) in [6, 6.07) is 60.5. The molecule has 10 rings (SSSR count). The van der Waals surface area contributed by atoms with E-state index in [1.54, 1.807) is 0 Å². The lowest BCUT2D eigenvalue weighted by Crippen LogP contribution is -2.61. The van der Waals surface area contributed by atoms with Crippen molar-refractivity contribution in [2.75, 3.05) is 0 Å². The maximum atomic E-state index is 4.29. The second kappa shape index (κ2) is 14.5. The Morgan fingerprint density at radius 2 is 1.10 bits per heavy atom. The van der Waals surface area contributed by atoms with Crippen LogP contribution in [-0.2, 0) is 18.3 Å². The molecule has 1 aromatic heterocycles. The van der Waals surface area contributed by atoms with E-state index in [2.05, 4.69) is 225 Å². The molecule has 1 heterocycles. The number of allylic oxidation sites excluding steroid dienone is 2. The highest BCUT2D eigenvalue weighted by molar-refractivity contribution is 7.09. The summed E-state index contributed by atoms with van der Waals surface area (Å²) >= 11 is 0. The first-order valence-electron chi connectivity index (χ1n) is 20.8. The fraction of sp³-hybridized carbons (Fsp3) is 0.143. The number of para-hydroxylation sites is 1. The van der Waals surface area contributed by atoms with Gasteiger partial charge in [0.05, 0.1) is 0 Å². The molecule has 8 aromatic rings. The zero-order chi connectivity index (χ0) is 39.3. The van der Waals surface area contributed by atoms with Crippen LogP contribution in [0, 0.1) is 11.5 Å². The quantitative estimate of drug-likeness (QED) is 0.0935. The standard InChI is InChI=1S/C56H47NSi/c1-56(2,3)41-33-31-40(32-34-41)55-50-28-15-13-25-46(50)48(47-26-14-16-29-51(47)55)37-38-58(43-21-9-5-10-22-43,44-23-11-6-12-24-44)45-35-36-54-52(39-45)49-27-17-18-30-53(49)57(54)42-19-7-4-8-20-42/h4-16,18-26,28-36,45H,17,27,39H2,1-3H3. The van der Waals surface area contributed by atoms with Crippen molar-refractivity contribution in [3.05, 3.63) is 210 Å². The number of rotatable bonds is 5. The van der Waals surface area contributed by atoms with Crippen LogP contribution in [0.3, 0.4) is 0 Å². The van der Waals surface area contributed by atoms with Crippen LogP contribution in [0.25, 0.3) is 50.5 Å². The number of fused-ring (bicyclic) bond motifs is 5. The van der Waals surface area contributed by atoms with Crippen LogP contribution in [0.15, 0.2) is 176 Å². The maximum Gasteiger partial charge on any atom is 0.206 e. The number of nitrogens with zero attached hydrogens (tertiary/aromatic N) is 1. The molecule has 1 unspecified atom stereocenters. The number of aromatic nitrogens is 1. The summed E-state index contributed by atoms with van der Waals surface area (Å²) in [7, 11) is -2.87. The largest absolute Gasteiger partial charge is 0.310 e. The highest BCUT2D eigenvalue weighted by Gasteiger charge is 2.45. The van der Waals surface area contributed by atoms with Crippen molar-refractivity contribution in [3.63, 3.8) is 0 Å². The first-order chi connectivity index (χ1) is 28.4. The molecule has 2 aliphatic rings. The first-order valence-corrected chi connectivity index (χ1v) is 22.8. The van der Waals surface area contributed by atoms with Crippen molar-refractivity contribution in [1.29, 1.82) is 0 Å². The Morgan fingerprint density at radius 3 is 1.69 bits per heavy atom. The summed E-state index contributed by atoms with van der Waals surface area (Å²) in [6.45, 7) is 6.84. The van der Waals surface area contributed by atoms with Crippen LogP contribution in [0.1, 0.15) is 60.8 Å². The average molecular weight is 762 g/mol. The second-order valence-electron chi connectivity index (χ2n) is 17.0. The van der Waals surface area contributed by atoms with Gasteiger partial charge in [-0.05, 0) is 114 Å². The Balaban J connectivity index is 1.21. The summed E-state index contributed by atoms with van der Waals surface area (Å²) in [4.78, 5) is 0. The van der Waals surface area contributed by atoms with Crippen LogP contribution in [-0.4, -0.2) is 12.6 Å². The molecule has 280 valence electrons. The molecular weight excluding hydrogens is 715 g/mol. The van der Waals surface area contributed by atoms with Crippen molar-refractivity contribution in [2.24, 2.45) is 0 Å². The van der Waals surface area contributed by atoms with Gasteiger partial charge < -0.3 is 4.57 Å². The molecule has 0 radical (unpaired) electrons. The van der Waals surface area contributed by atoms with Crippen LogP contribution >= 0.6 is 0 Å². The van der Waals surface area contributed by atoms with Crippen molar-refractivity contribution < 1.29 is 0 Å². The monoisotopic (exact) mass is 761 g/mol. The van der Waals surface area contributed by atoms with E-state index in [0.29, 0.717) is 0 Å². The zero-order valence-electron chi connectivity index (χ0n) is 33.5. The normalized spacial score (nSPS) is 14.8. The minimum absolute atomic E-state index is 0.0906. The topological polar surface area (TPSA) is 4.93 Å². The van der Waals surface area contributed by atoms with Crippen molar-refractivity contribution >= 4 is 52.1 Å². The lowest BCUT2D eigenvalue weighted by Gasteiger charge is -2.36. The average Bonchev–Trinajstić information content (AvgIpc) is 3.61. The smallest absolute Gasteiger partial charge is 0.206 e. The Labute approximate surface area is 344 Å². The fourth-order valence-electron chi connectivity index (χ4n) is 9.74. The van der Waals surface area contributed by atoms with E-state index >= 15 is 0 Å². The van der Waals surface area contributed by atoms with Gasteiger partial charge in [-0.1, -0.05) is 191 Å². The van der Waals surface area contributed by atoms with Gasteiger partial charge in [0, 0.05) is 22.6 Å². The maximum absolute atomic E-state index is 4.29. The van der Waals surface area contributed by atoms with Crippen molar-refractivity contribution in [2.45, 2.75) is 51.0 Å². The molecule has 0 saturated carbocycles. The third-order valence-corrected chi connectivity index (χ3v) is 17.1. The van der Waals surface area contributed by atoms with E-state index in [1.807, 2.05) is 0 Å². The summed E-state index contributed by atoms with van der Waals surface area (Å²) in [5, 5.41) is 7.60. The van der Waals surface area contributed by atoms with Gasteiger partial charge in [0.2, 0.25) is 8.07 Å². The summed E-state index contributed by atoms with van der Waals surface area (Å²) in [6.07, 6.45) is 12.7. The van der Waals surface area contributed by atoms with Crippen LogP contribution in [0.5, 0.6) is 0 Å². The SMILES string of the molecule is CC(C)(C)c1ccc(-c2c3ccccc3c(C#C[Si](c3ccccc3)(c3ccccc3)C3C=Cc4c(c5c(n4-c4ccccc4)C=CCC5)C3)c3ccccc23)cc1. The second-order valence-corrected chi connectivity index (χ2v) is 20.7. The van der Waals surface area contributed by atoms with Gasteiger partial charge in [0.15, 0.2) is 0 Å². The van der Waals surface area contributed by atoms with Gasteiger partial charge in [-0.25, -0.2) is 0 Å². The highest BCUT2D eigenvalue weighted by Crippen LogP contribution is 2.43. The summed E-state index contributed by atoms with van der Waals surface area (Å²) in [5.74, 6) is 4.05. The van der Waals surface area contributed by atoms with Gasteiger partial charge in [-0.15, -0.1) is 5.54 Å². The Hall–Kier alpha value is -6.40. The zero-order valence-corrected chi connectivity index (χ0v) is 34.5. The molecule has 0 spiro atoms. The molecule has 2 heteroatoms. The van der Waals surface area contributed by atoms with Crippen molar-refractivity contribution in [1.82, 2.24) is 4.57 Å². The van der Waals surface area contributed by atoms with E-state index in [1.165, 1.54) is 76.8 Å². The lowest BCUT2D eigenvalue weighted by molar-refractivity contribution is 0.590. The van der Waals surface area contributed by atoms with Gasteiger partial charge in [-0.3, -0.25) is 0 Å². The van der Waals surface area contributed by atoms with E-state index in [0.717, 1.165) is 24.8 Å². The Bertz CT molecular complexity index is 2830. The summed E-state index contributed by atoms with van der Waals surface area (Å²) in [5.41, 5.74) is 16.4. The van der Waals surface area contributed by atoms with Crippen LogP contribution in [0.4, 0.5) is 0 Å². The predicted octanol–water partition coefficient (Wildman–Crippen LogP) is 12.5. The highest BCUT2D eigenvalue weighted by atomic mass is 28.3. The molecule has 0 fully saturated rings.